The van der Waals surface area contributed by atoms with Crippen molar-refractivity contribution in [3.8, 4) is 0 Å². The second-order valence-corrected chi connectivity index (χ2v) is 7.64. The SMILES string of the molecule is CCCCCCC/C=C/CCCCC1NC=C[N+]1(CC)C(C)NC(C)=O. The van der Waals surface area contributed by atoms with Crippen molar-refractivity contribution in [2.24, 2.45) is 0 Å². The lowest BCUT2D eigenvalue weighted by molar-refractivity contribution is -0.923. The Morgan fingerprint density at radius 3 is 2.38 bits per heavy atom. The van der Waals surface area contributed by atoms with Crippen LogP contribution in [-0.2, 0) is 4.79 Å². The number of nitrogens with zero attached hydrogens (tertiary/aromatic N) is 1. The van der Waals surface area contributed by atoms with E-state index in [-0.39, 0.29) is 12.1 Å². The van der Waals surface area contributed by atoms with E-state index in [0.717, 1.165) is 17.4 Å². The number of amides is 1. The molecule has 26 heavy (non-hydrogen) atoms. The van der Waals surface area contributed by atoms with Gasteiger partial charge in [-0.1, -0.05) is 44.8 Å². The predicted molar refractivity (Wildman–Crippen MR) is 111 cm³/mol. The molecule has 0 spiro atoms. The van der Waals surface area contributed by atoms with Crippen LogP contribution in [-0.4, -0.2) is 29.3 Å². The van der Waals surface area contributed by atoms with Gasteiger partial charge in [-0.2, -0.15) is 0 Å². The molecule has 0 saturated carbocycles. The molecule has 0 aromatic heterocycles. The maximum atomic E-state index is 11.5. The molecule has 2 N–H and O–H groups in total. The summed E-state index contributed by atoms with van der Waals surface area (Å²) in [7, 11) is 0. The van der Waals surface area contributed by atoms with E-state index in [1.165, 1.54) is 57.8 Å². The normalized spacial score (nSPS) is 23.3. The molecule has 4 nitrogen and oxygen atoms in total. The lowest BCUT2D eigenvalue weighted by Crippen LogP contribution is -2.62. The molecule has 1 aliphatic heterocycles. The van der Waals surface area contributed by atoms with Gasteiger partial charge < -0.3 is 10.6 Å². The summed E-state index contributed by atoms with van der Waals surface area (Å²) in [4.78, 5) is 11.5. The minimum Gasteiger partial charge on any atom is -0.338 e. The fraction of sp³-hybridized carbons (Fsp3) is 0.773. The summed E-state index contributed by atoms with van der Waals surface area (Å²) in [5.74, 6) is 0.0438. The van der Waals surface area contributed by atoms with E-state index in [1.807, 2.05) is 0 Å². The topological polar surface area (TPSA) is 41.1 Å². The summed E-state index contributed by atoms with van der Waals surface area (Å²) in [5.41, 5.74) is 0. The number of quaternary nitrogens is 1. The lowest BCUT2D eigenvalue weighted by atomic mass is 10.1. The summed E-state index contributed by atoms with van der Waals surface area (Å²) in [5, 5.41) is 6.59. The standard InChI is InChI=1S/C22H41N3O/c1-5-7-8-9-10-11-12-13-14-15-16-17-22-23-18-19-25(22,6-2)20(3)24-21(4)26/h12-13,18-20,22-23H,5-11,14-17H2,1-4H3/p+1/b13-12+. The fourth-order valence-corrected chi connectivity index (χ4v) is 3.97. The number of carbonyl (C=O) groups is 1. The molecule has 0 aromatic rings. The van der Waals surface area contributed by atoms with Gasteiger partial charge in [0.05, 0.1) is 12.7 Å². The van der Waals surface area contributed by atoms with Crippen molar-refractivity contribution in [2.45, 2.75) is 104 Å². The minimum absolute atomic E-state index is 0.0438. The second-order valence-electron chi connectivity index (χ2n) is 7.64. The van der Waals surface area contributed by atoms with Gasteiger partial charge in [-0.15, -0.1) is 0 Å². The minimum atomic E-state index is 0.0438. The van der Waals surface area contributed by atoms with Gasteiger partial charge in [-0.05, 0) is 39.0 Å². The Balaban J connectivity index is 2.24. The third-order valence-electron chi connectivity index (χ3n) is 5.64. The molecule has 1 rings (SSSR count). The molecular formula is C22H42N3O+. The highest BCUT2D eigenvalue weighted by Crippen LogP contribution is 2.25. The molecule has 3 atom stereocenters. The summed E-state index contributed by atoms with van der Waals surface area (Å²) in [6.45, 7) is 9.15. The van der Waals surface area contributed by atoms with E-state index < -0.39 is 0 Å². The molecule has 4 heteroatoms. The second kappa shape index (κ2) is 13.0. The molecule has 0 saturated heterocycles. The quantitative estimate of drug-likeness (QED) is 0.253. The van der Waals surface area contributed by atoms with Gasteiger partial charge in [-0.25, -0.2) is 0 Å². The van der Waals surface area contributed by atoms with E-state index in [4.69, 9.17) is 0 Å². The highest BCUT2D eigenvalue weighted by atomic mass is 16.1. The molecular weight excluding hydrogens is 322 g/mol. The molecule has 0 fully saturated rings. The van der Waals surface area contributed by atoms with Crippen LogP contribution >= 0.6 is 0 Å². The highest BCUT2D eigenvalue weighted by molar-refractivity contribution is 5.72. The Bertz CT molecular complexity index is 447. The van der Waals surface area contributed by atoms with Crippen LogP contribution in [0.25, 0.3) is 0 Å². The summed E-state index contributed by atoms with van der Waals surface area (Å²) >= 11 is 0. The third-order valence-corrected chi connectivity index (χ3v) is 5.64. The molecule has 3 unspecified atom stereocenters. The van der Waals surface area contributed by atoms with Crippen LogP contribution < -0.4 is 10.6 Å². The van der Waals surface area contributed by atoms with Gasteiger partial charge in [0.2, 0.25) is 5.91 Å². The number of unbranched alkanes of at least 4 members (excludes halogenated alkanes) is 7. The summed E-state index contributed by atoms with van der Waals surface area (Å²) in [6, 6.07) is 0. The molecule has 1 amide bonds. The van der Waals surface area contributed by atoms with E-state index in [0.29, 0.717) is 6.17 Å². The number of hydrogen-bond acceptors (Lipinski definition) is 2. The van der Waals surface area contributed by atoms with Crippen molar-refractivity contribution < 1.29 is 9.28 Å². The Hall–Kier alpha value is -1.29. The van der Waals surface area contributed by atoms with Crippen LogP contribution in [0.5, 0.6) is 0 Å². The average Bonchev–Trinajstić information content (AvgIpc) is 3.03. The highest BCUT2D eigenvalue weighted by Gasteiger charge is 2.41. The zero-order chi connectivity index (χ0) is 19.3. The number of rotatable bonds is 14. The number of hydrogen-bond donors (Lipinski definition) is 2. The van der Waals surface area contributed by atoms with Crippen molar-refractivity contribution >= 4 is 5.91 Å². The largest absolute Gasteiger partial charge is 0.338 e. The van der Waals surface area contributed by atoms with Crippen LogP contribution in [0.15, 0.2) is 24.6 Å². The van der Waals surface area contributed by atoms with Crippen molar-refractivity contribution in [1.29, 1.82) is 0 Å². The van der Waals surface area contributed by atoms with Crippen LogP contribution in [0.2, 0.25) is 0 Å². The molecule has 1 aliphatic rings. The number of allylic oxidation sites excluding steroid dienone is 2. The van der Waals surface area contributed by atoms with Gasteiger partial charge in [0, 0.05) is 20.3 Å². The van der Waals surface area contributed by atoms with E-state index in [1.54, 1.807) is 6.92 Å². The van der Waals surface area contributed by atoms with Gasteiger partial charge >= 0.3 is 0 Å². The molecule has 0 aliphatic carbocycles. The average molecular weight is 365 g/mol. The maximum absolute atomic E-state index is 11.5. The smallest absolute Gasteiger partial charge is 0.221 e. The van der Waals surface area contributed by atoms with Crippen molar-refractivity contribution in [3.63, 3.8) is 0 Å². The lowest BCUT2D eigenvalue weighted by Gasteiger charge is -2.41. The predicted octanol–water partition coefficient (Wildman–Crippen LogP) is 5.18. The van der Waals surface area contributed by atoms with Gasteiger partial charge in [0.25, 0.3) is 0 Å². The van der Waals surface area contributed by atoms with Crippen LogP contribution in [0.3, 0.4) is 0 Å². The summed E-state index contributed by atoms with van der Waals surface area (Å²) < 4.78 is 0.799. The van der Waals surface area contributed by atoms with Crippen LogP contribution in [0, 0.1) is 0 Å². The van der Waals surface area contributed by atoms with Crippen LogP contribution in [0.4, 0.5) is 0 Å². The Labute approximate surface area is 161 Å². The molecule has 0 aromatic carbocycles. The van der Waals surface area contributed by atoms with Crippen molar-refractivity contribution in [1.82, 2.24) is 10.6 Å². The number of nitrogens with one attached hydrogen (secondary N) is 2. The monoisotopic (exact) mass is 364 g/mol. The molecule has 0 radical (unpaired) electrons. The molecule has 0 bridgehead atoms. The number of carbonyl (C=O) groups excluding carboxylic acids is 1. The third kappa shape index (κ3) is 7.53. The van der Waals surface area contributed by atoms with Gasteiger partial charge in [0.15, 0.2) is 12.3 Å². The first-order valence-electron chi connectivity index (χ1n) is 10.8. The zero-order valence-corrected chi connectivity index (χ0v) is 17.6. The van der Waals surface area contributed by atoms with E-state index in [2.05, 4.69) is 56.0 Å². The van der Waals surface area contributed by atoms with Gasteiger partial charge in [0.1, 0.15) is 6.20 Å². The van der Waals surface area contributed by atoms with Crippen LogP contribution in [0.1, 0.15) is 91.9 Å². The maximum Gasteiger partial charge on any atom is 0.221 e. The first-order valence-corrected chi connectivity index (χ1v) is 10.8. The molecule has 150 valence electrons. The van der Waals surface area contributed by atoms with E-state index >= 15 is 0 Å². The van der Waals surface area contributed by atoms with Gasteiger partial charge in [-0.3, -0.25) is 9.28 Å². The van der Waals surface area contributed by atoms with E-state index in [9.17, 15) is 4.79 Å². The molecule has 1 heterocycles. The Kier molecular flexibility index (Phi) is 11.3. The fourth-order valence-electron chi connectivity index (χ4n) is 3.97. The Morgan fingerprint density at radius 2 is 1.77 bits per heavy atom. The van der Waals surface area contributed by atoms with Crippen molar-refractivity contribution in [3.05, 3.63) is 24.6 Å². The summed E-state index contributed by atoms with van der Waals surface area (Å²) in [6.07, 6.45) is 22.3. The van der Waals surface area contributed by atoms with Crippen molar-refractivity contribution in [2.75, 3.05) is 6.54 Å². The first-order chi connectivity index (χ1) is 12.6. The first kappa shape index (κ1) is 22.8. The Morgan fingerprint density at radius 1 is 1.12 bits per heavy atom. The zero-order valence-electron chi connectivity index (χ0n) is 17.6.